The molecular formula is C25H27ClN4O. The van der Waals surface area contributed by atoms with Crippen LogP contribution in [0.3, 0.4) is 0 Å². The van der Waals surface area contributed by atoms with Gasteiger partial charge in [-0.15, -0.1) is 0 Å². The fourth-order valence-corrected chi connectivity index (χ4v) is 4.87. The summed E-state index contributed by atoms with van der Waals surface area (Å²) in [6, 6.07) is 18.2. The molecule has 0 unspecified atom stereocenters. The minimum absolute atomic E-state index is 0.0681. The van der Waals surface area contributed by atoms with E-state index in [4.69, 9.17) is 16.6 Å². The number of nitrogens with zero attached hydrogens (tertiary/aromatic N) is 4. The third-order valence-corrected chi connectivity index (χ3v) is 6.58. The Labute approximate surface area is 188 Å². The molecule has 1 saturated heterocycles. The molecule has 0 radical (unpaired) electrons. The van der Waals surface area contributed by atoms with Gasteiger partial charge in [-0.25, -0.2) is 4.98 Å². The van der Waals surface area contributed by atoms with Crippen molar-refractivity contribution in [3.8, 4) is 11.4 Å². The van der Waals surface area contributed by atoms with Crippen LogP contribution in [-0.2, 0) is 13.0 Å². The van der Waals surface area contributed by atoms with Crippen LogP contribution in [0.1, 0.15) is 35.4 Å². The lowest BCUT2D eigenvalue weighted by atomic mass is 10.1. The van der Waals surface area contributed by atoms with E-state index in [9.17, 15) is 4.79 Å². The molecular weight excluding hydrogens is 408 g/mol. The van der Waals surface area contributed by atoms with E-state index in [1.807, 2.05) is 41.3 Å². The number of carbonyl (C=O) groups is 1. The summed E-state index contributed by atoms with van der Waals surface area (Å²) in [6.07, 6.45) is 4.36. The topological polar surface area (TPSA) is 41.4 Å². The number of rotatable bonds is 3. The van der Waals surface area contributed by atoms with Crippen LogP contribution < -0.4 is 4.90 Å². The minimum atomic E-state index is 0.0681. The molecule has 3 aromatic rings. The Morgan fingerprint density at radius 1 is 0.871 bits per heavy atom. The Kier molecular flexibility index (Phi) is 5.68. The molecule has 0 N–H and O–H groups in total. The van der Waals surface area contributed by atoms with Crippen LogP contribution in [0, 0.1) is 0 Å². The minimum Gasteiger partial charge on any atom is -0.368 e. The second-order valence-corrected chi connectivity index (χ2v) is 8.75. The molecule has 5 nitrogen and oxygen atoms in total. The average molecular weight is 435 g/mol. The zero-order chi connectivity index (χ0) is 21.2. The first kappa shape index (κ1) is 20.1. The Bertz CT molecular complexity index is 1070. The van der Waals surface area contributed by atoms with Crippen LogP contribution in [0.15, 0.2) is 54.6 Å². The third kappa shape index (κ3) is 4.07. The number of imidazole rings is 1. The number of fused-ring (bicyclic) bond motifs is 1. The van der Waals surface area contributed by atoms with Crippen molar-refractivity contribution >= 4 is 23.2 Å². The van der Waals surface area contributed by atoms with Gasteiger partial charge in [0, 0.05) is 49.0 Å². The molecule has 1 fully saturated rings. The van der Waals surface area contributed by atoms with Crippen LogP contribution in [-0.4, -0.2) is 46.5 Å². The van der Waals surface area contributed by atoms with Gasteiger partial charge in [0.25, 0.3) is 5.91 Å². The summed E-state index contributed by atoms with van der Waals surface area (Å²) in [6.45, 7) is 3.92. The molecule has 0 bridgehead atoms. The second kappa shape index (κ2) is 8.75. The highest BCUT2D eigenvalue weighted by molar-refractivity contribution is 6.30. The van der Waals surface area contributed by atoms with Crippen molar-refractivity contribution in [2.24, 2.45) is 0 Å². The van der Waals surface area contributed by atoms with E-state index in [0.29, 0.717) is 18.8 Å². The van der Waals surface area contributed by atoms with E-state index >= 15 is 0 Å². The first-order chi connectivity index (χ1) is 15.2. The number of piperazine rings is 1. The molecule has 160 valence electrons. The van der Waals surface area contributed by atoms with Crippen LogP contribution in [0.25, 0.3) is 11.4 Å². The van der Waals surface area contributed by atoms with E-state index in [0.717, 1.165) is 66.7 Å². The zero-order valence-electron chi connectivity index (χ0n) is 17.6. The summed E-state index contributed by atoms with van der Waals surface area (Å²) in [7, 11) is 0. The molecule has 0 spiro atoms. The van der Waals surface area contributed by atoms with E-state index < -0.39 is 0 Å². The molecule has 0 atom stereocenters. The largest absolute Gasteiger partial charge is 0.368 e. The van der Waals surface area contributed by atoms with Crippen molar-refractivity contribution in [3.63, 3.8) is 0 Å². The zero-order valence-corrected chi connectivity index (χ0v) is 18.4. The number of anilines is 1. The highest BCUT2D eigenvalue weighted by Crippen LogP contribution is 2.28. The monoisotopic (exact) mass is 434 g/mol. The molecule has 31 heavy (non-hydrogen) atoms. The molecule has 1 aromatic heterocycles. The van der Waals surface area contributed by atoms with Gasteiger partial charge in [0.1, 0.15) is 11.5 Å². The van der Waals surface area contributed by atoms with Crippen molar-refractivity contribution in [2.75, 3.05) is 31.1 Å². The summed E-state index contributed by atoms with van der Waals surface area (Å²) in [5.41, 5.74) is 3.95. The maximum absolute atomic E-state index is 13.5. The summed E-state index contributed by atoms with van der Waals surface area (Å²) in [5, 5.41) is 0.741. The number of amides is 1. The van der Waals surface area contributed by atoms with Crippen molar-refractivity contribution in [1.29, 1.82) is 0 Å². The van der Waals surface area contributed by atoms with Crippen molar-refractivity contribution in [2.45, 2.75) is 32.2 Å². The van der Waals surface area contributed by atoms with Crippen LogP contribution in [0.4, 0.5) is 5.69 Å². The average Bonchev–Trinajstić information content (AvgIpc) is 3.00. The van der Waals surface area contributed by atoms with Gasteiger partial charge in [0.2, 0.25) is 0 Å². The van der Waals surface area contributed by atoms with Gasteiger partial charge in [0.05, 0.1) is 5.69 Å². The maximum atomic E-state index is 13.5. The first-order valence-corrected chi connectivity index (χ1v) is 11.5. The predicted molar refractivity (Wildman–Crippen MR) is 125 cm³/mol. The van der Waals surface area contributed by atoms with Crippen molar-refractivity contribution in [3.05, 3.63) is 71.0 Å². The molecule has 1 amide bonds. The molecule has 3 heterocycles. The molecule has 0 saturated carbocycles. The highest BCUT2D eigenvalue weighted by Gasteiger charge is 2.29. The van der Waals surface area contributed by atoms with Crippen molar-refractivity contribution < 1.29 is 4.79 Å². The molecule has 2 aliphatic heterocycles. The van der Waals surface area contributed by atoms with Crippen LogP contribution in [0.5, 0.6) is 0 Å². The van der Waals surface area contributed by atoms with E-state index in [1.54, 1.807) is 0 Å². The van der Waals surface area contributed by atoms with E-state index in [2.05, 4.69) is 27.7 Å². The predicted octanol–water partition coefficient (Wildman–Crippen LogP) is 4.89. The summed E-state index contributed by atoms with van der Waals surface area (Å²) in [5.74, 6) is 0.997. The number of aromatic nitrogens is 2. The Morgan fingerprint density at radius 3 is 2.45 bits per heavy atom. The number of hydrogen-bond donors (Lipinski definition) is 0. The standard InChI is InChI=1S/C25H27ClN4O/c26-20-10-7-11-21(18-20)28-14-16-29(17-15-28)25(31)23-22-12-5-2-6-13-30(22)24(27-23)19-8-3-1-4-9-19/h1,3-4,7-11,18H,2,5-6,12-17H2. The Morgan fingerprint density at radius 2 is 1.68 bits per heavy atom. The fraction of sp³-hybridized carbons (Fsp3) is 0.360. The highest BCUT2D eigenvalue weighted by atomic mass is 35.5. The quantitative estimate of drug-likeness (QED) is 0.589. The Hall–Kier alpha value is -2.79. The summed E-state index contributed by atoms with van der Waals surface area (Å²) < 4.78 is 2.29. The van der Waals surface area contributed by atoms with E-state index in [-0.39, 0.29) is 5.91 Å². The van der Waals surface area contributed by atoms with Gasteiger partial charge in [-0.2, -0.15) is 0 Å². The molecule has 2 aromatic carbocycles. The second-order valence-electron chi connectivity index (χ2n) is 8.32. The molecule has 5 rings (SSSR count). The lowest BCUT2D eigenvalue weighted by Gasteiger charge is -2.36. The number of carbonyl (C=O) groups excluding carboxylic acids is 1. The van der Waals surface area contributed by atoms with Crippen LogP contribution in [0.2, 0.25) is 5.02 Å². The normalized spacial score (nSPS) is 16.7. The Balaban J connectivity index is 1.39. The van der Waals surface area contributed by atoms with Gasteiger partial charge >= 0.3 is 0 Å². The number of hydrogen-bond acceptors (Lipinski definition) is 3. The van der Waals surface area contributed by atoms with Crippen LogP contribution >= 0.6 is 11.6 Å². The summed E-state index contributed by atoms with van der Waals surface area (Å²) >= 11 is 6.16. The smallest absolute Gasteiger partial charge is 0.274 e. The van der Waals surface area contributed by atoms with Gasteiger partial charge < -0.3 is 14.4 Å². The van der Waals surface area contributed by atoms with Gasteiger partial charge in [0.15, 0.2) is 0 Å². The summed E-state index contributed by atoms with van der Waals surface area (Å²) in [4.78, 5) is 22.7. The third-order valence-electron chi connectivity index (χ3n) is 6.34. The SMILES string of the molecule is O=C(c1nc(-c2ccccc2)n2c1CCCCC2)N1CCN(c2cccc(Cl)c2)CC1. The lowest BCUT2D eigenvalue weighted by Crippen LogP contribution is -2.49. The lowest BCUT2D eigenvalue weighted by molar-refractivity contribution is 0.0740. The van der Waals surface area contributed by atoms with Gasteiger partial charge in [-0.1, -0.05) is 54.4 Å². The first-order valence-electron chi connectivity index (χ1n) is 11.2. The molecule has 2 aliphatic rings. The van der Waals surface area contributed by atoms with Crippen molar-refractivity contribution in [1.82, 2.24) is 14.5 Å². The number of halogens is 1. The molecule has 0 aliphatic carbocycles. The maximum Gasteiger partial charge on any atom is 0.274 e. The van der Waals surface area contributed by atoms with Gasteiger partial charge in [-0.05, 0) is 37.5 Å². The van der Waals surface area contributed by atoms with Gasteiger partial charge in [-0.3, -0.25) is 4.79 Å². The molecule has 6 heteroatoms. The fourth-order valence-electron chi connectivity index (χ4n) is 4.69. The number of benzene rings is 2. The van der Waals surface area contributed by atoms with E-state index in [1.165, 1.54) is 6.42 Å².